The van der Waals surface area contributed by atoms with Crippen molar-refractivity contribution in [1.29, 1.82) is 0 Å². The van der Waals surface area contributed by atoms with Crippen molar-refractivity contribution in [2.45, 2.75) is 0 Å². The fourth-order valence-corrected chi connectivity index (χ4v) is 0.195. The van der Waals surface area contributed by atoms with Crippen LogP contribution >= 0.6 is 0 Å². The molecule has 0 aliphatic rings. The Morgan fingerprint density at radius 3 is 2.83 bits per heavy atom. The van der Waals surface area contributed by atoms with E-state index < -0.39 is 0 Å². The largest absolute Gasteiger partial charge is 0.361 e. The van der Waals surface area contributed by atoms with Crippen LogP contribution in [0.25, 0.3) is 0 Å². The summed E-state index contributed by atoms with van der Waals surface area (Å²) in [6.07, 6.45) is 2.15. The van der Waals surface area contributed by atoms with E-state index in [1.165, 1.54) is 0 Å². The monoisotopic (exact) mass is 84.0 g/mol. The highest BCUT2D eigenvalue weighted by molar-refractivity contribution is 5.03. The Kier molecular flexibility index (Phi) is 0.538. The van der Waals surface area contributed by atoms with Crippen LogP contribution in [0.5, 0.6) is 5.75 Å². The zero-order chi connectivity index (χ0) is 4.41. The summed E-state index contributed by atoms with van der Waals surface area (Å²) in [7, 11) is 0. The molecule has 0 bridgehead atoms. The van der Waals surface area contributed by atoms with Gasteiger partial charge in [-0.1, -0.05) is 5.16 Å². The van der Waals surface area contributed by atoms with Gasteiger partial charge in [-0.3, -0.25) is 5.11 Å². The van der Waals surface area contributed by atoms with Crippen LogP contribution in [0.3, 0.4) is 0 Å². The smallest absolute Gasteiger partial charge is 0.237 e. The summed E-state index contributed by atoms with van der Waals surface area (Å²) in [4.78, 5) is 0. The van der Waals surface area contributed by atoms with Crippen molar-refractivity contribution in [3.8, 4) is 5.75 Å². The van der Waals surface area contributed by atoms with Gasteiger partial charge in [0.05, 0.1) is 0 Å². The number of hydrogen-bond donors (Lipinski definition) is 0. The summed E-state index contributed by atoms with van der Waals surface area (Å²) in [5.41, 5.74) is 0. The van der Waals surface area contributed by atoms with Crippen molar-refractivity contribution in [3.63, 3.8) is 0 Å². The molecule has 0 spiro atoms. The van der Waals surface area contributed by atoms with Crippen molar-refractivity contribution in [3.05, 3.63) is 12.5 Å². The highest BCUT2D eigenvalue weighted by Crippen LogP contribution is 2.02. The van der Waals surface area contributed by atoms with Crippen LogP contribution in [-0.2, 0) is 5.11 Å². The van der Waals surface area contributed by atoms with Gasteiger partial charge in [0.25, 0.3) is 0 Å². The molecule has 0 fully saturated rings. The third-order valence-electron chi connectivity index (χ3n) is 0.410. The van der Waals surface area contributed by atoms with E-state index in [2.05, 4.69) is 9.68 Å². The molecule has 0 saturated heterocycles. The molecule has 0 aliphatic heterocycles. The molecule has 0 aromatic carbocycles. The van der Waals surface area contributed by atoms with Crippen LogP contribution in [0.1, 0.15) is 0 Å². The van der Waals surface area contributed by atoms with Gasteiger partial charge in [-0.05, 0) is 0 Å². The lowest BCUT2D eigenvalue weighted by molar-refractivity contribution is 0.344. The highest BCUT2D eigenvalue weighted by atomic mass is 16.5. The van der Waals surface area contributed by atoms with E-state index in [9.17, 15) is 5.11 Å². The Hall–Kier alpha value is -0.990. The van der Waals surface area contributed by atoms with Crippen molar-refractivity contribution in [2.75, 3.05) is 0 Å². The van der Waals surface area contributed by atoms with Gasteiger partial charge in [0.2, 0.25) is 5.75 Å². The van der Waals surface area contributed by atoms with E-state index in [1.54, 1.807) is 0 Å². The fourth-order valence-electron chi connectivity index (χ4n) is 0.195. The Labute approximate surface area is 34.2 Å². The first-order valence-electron chi connectivity index (χ1n) is 1.46. The summed E-state index contributed by atoms with van der Waals surface area (Å²) >= 11 is 0. The SMILES string of the molecule is [O]c1cnoc1. The van der Waals surface area contributed by atoms with Crippen molar-refractivity contribution in [1.82, 2.24) is 5.16 Å². The van der Waals surface area contributed by atoms with Gasteiger partial charge in [-0.15, -0.1) is 0 Å². The van der Waals surface area contributed by atoms with E-state index in [0.29, 0.717) is 0 Å². The summed E-state index contributed by atoms with van der Waals surface area (Å²) in [6.45, 7) is 0. The number of rotatable bonds is 0. The molecular formula is C3H2NO2. The van der Waals surface area contributed by atoms with Gasteiger partial charge in [-0.25, -0.2) is 0 Å². The minimum atomic E-state index is -0.185. The maximum absolute atomic E-state index is 9.91. The molecule has 0 unspecified atom stereocenters. The van der Waals surface area contributed by atoms with Gasteiger partial charge in [0.15, 0.2) is 6.26 Å². The molecule has 1 rings (SSSR count). The molecule has 0 atom stereocenters. The molecule has 31 valence electrons. The zero-order valence-corrected chi connectivity index (χ0v) is 2.92. The Morgan fingerprint density at radius 2 is 2.67 bits per heavy atom. The number of nitrogens with zero attached hydrogens (tertiary/aromatic N) is 1. The Bertz CT molecular complexity index is 112. The molecular weight excluding hydrogens is 82.0 g/mol. The van der Waals surface area contributed by atoms with E-state index in [1.807, 2.05) is 0 Å². The molecule has 6 heavy (non-hydrogen) atoms. The predicted octanol–water partition coefficient (Wildman–Crippen LogP) is 0.818. The third kappa shape index (κ3) is 0.337. The van der Waals surface area contributed by atoms with Gasteiger partial charge in [0, 0.05) is 0 Å². The molecule has 3 nitrogen and oxygen atoms in total. The van der Waals surface area contributed by atoms with Crippen molar-refractivity contribution >= 4 is 0 Å². The third-order valence-corrected chi connectivity index (χ3v) is 0.410. The standard InChI is InChI=1S/C3H2NO2/c5-3-1-4-6-2-3/h1-2H. The number of aromatic nitrogens is 1. The molecule has 0 saturated carbocycles. The van der Waals surface area contributed by atoms with Gasteiger partial charge >= 0.3 is 0 Å². The summed E-state index contributed by atoms with van der Waals surface area (Å²) < 4.78 is 4.15. The molecule has 3 heteroatoms. The minimum absolute atomic E-state index is 0.185. The van der Waals surface area contributed by atoms with E-state index in [4.69, 9.17) is 0 Å². The first kappa shape index (κ1) is 3.21. The fraction of sp³-hybridized carbons (Fsp3) is 0. The topological polar surface area (TPSA) is 45.9 Å². The molecule has 1 heterocycles. The van der Waals surface area contributed by atoms with Crippen LogP contribution < -0.4 is 0 Å². The summed E-state index contributed by atoms with van der Waals surface area (Å²) in [5.74, 6) is -0.185. The van der Waals surface area contributed by atoms with Crippen molar-refractivity contribution < 1.29 is 9.63 Å². The van der Waals surface area contributed by atoms with Crippen LogP contribution in [0.2, 0.25) is 0 Å². The second-order valence-electron chi connectivity index (χ2n) is 0.860. The van der Waals surface area contributed by atoms with Gasteiger partial charge < -0.3 is 4.52 Å². The molecule has 1 aromatic rings. The summed E-state index contributed by atoms with van der Waals surface area (Å²) in [5, 5.41) is 13.0. The number of hydrogen-bond acceptors (Lipinski definition) is 2. The van der Waals surface area contributed by atoms with Gasteiger partial charge in [-0.2, -0.15) is 0 Å². The van der Waals surface area contributed by atoms with Crippen molar-refractivity contribution in [2.24, 2.45) is 0 Å². The van der Waals surface area contributed by atoms with E-state index in [-0.39, 0.29) is 5.75 Å². The van der Waals surface area contributed by atoms with Crippen LogP contribution in [0.15, 0.2) is 17.0 Å². The predicted molar refractivity (Wildman–Crippen MR) is 16.6 cm³/mol. The maximum atomic E-state index is 9.91. The maximum Gasteiger partial charge on any atom is 0.237 e. The van der Waals surface area contributed by atoms with Crippen LogP contribution in [0.4, 0.5) is 0 Å². The van der Waals surface area contributed by atoms with E-state index in [0.717, 1.165) is 12.5 Å². The van der Waals surface area contributed by atoms with E-state index >= 15 is 0 Å². The first-order valence-corrected chi connectivity index (χ1v) is 1.46. The minimum Gasteiger partial charge on any atom is -0.361 e. The quantitative estimate of drug-likeness (QED) is 0.467. The lowest BCUT2D eigenvalue weighted by atomic mass is 10.7. The zero-order valence-electron chi connectivity index (χ0n) is 2.92. The summed E-state index contributed by atoms with van der Waals surface area (Å²) in [6, 6.07) is 0. The normalized spacial score (nSPS) is 8.67. The Balaban J connectivity index is 3.05. The molecule has 1 radical (unpaired) electrons. The lowest BCUT2D eigenvalue weighted by Crippen LogP contribution is -1.41. The van der Waals surface area contributed by atoms with Crippen LogP contribution in [-0.4, -0.2) is 5.16 Å². The molecule has 0 aliphatic carbocycles. The molecule has 0 amide bonds. The molecule has 1 aromatic heterocycles. The second-order valence-corrected chi connectivity index (χ2v) is 0.860. The molecule has 0 N–H and O–H groups in total. The highest BCUT2D eigenvalue weighted by Gasteiger charge is 1.85. The average molecular weight is 84.1 g/mol. The first-order chi connectivity index (χ1) is 2.89. The van der Waals surface area contributed by atoms with Crippen LogP contribution in [0, 0.1) is 0 Å². The van der Waals surface area contributed by atoms with Gasteiger partial charge in [0.1, 0.15) is 6.20 Å². The second kappa shape index (κ2) is 1.01. The lowest BCUT2D eigenvalue weighted by Gasteiger charge is -1.54. The Morgan fingerprint density at radius 1 is 1.83 bits per heavy atom. The average Bonchev–Trinajstić information content (AvgIpc) is 1.86.